The second-order valence-electron chi connectivity index (χ2n) is 4.77. The fourth-order valence-electron chi connectivity index (χ4n) is 1.76. The second kappa shape index (κ2) is 6.57. The molecule has 2 rings (SSSR count). The van der Waals surface area contributed by atoms with Crippen molar-refractivity contribution in [2.45, 2.75) is 0 Å². The summed E-state index contributed by atoms with van der Waals surface area (Å²) in [5.74, 6) is -0.592. The average Bonchev–Trinajstić information content (AvgIpc) is 2.52. The molecule has 0 aliphatic carbocycles. The zero-order valence-corrected chi connectivity index (χ0v) is 12.2. The van der Waals surface area contributed by atoms with Crippen LogP contribution in [0.3, 0.4) is 0 Å². The summed E-state index contributed by atoms with van der Waals surface area (Å²) in [4.78, 5) is 27.7. The molecule has 0 aliphatic heterocycles. The number of anilines is 3. The lowest BCUT2D eigenvalue weighted by molar-refractivity contribution is 0.0696. The van der Waals surface area contributed by atoms with Gasteiger partial charge in [0.1, 0.15) is 5.82 Å². The van der Waals surface area contributed by atoms with Crippen LogP contribution in [0.5, 0.6) is 0 Å². The molecule has 0 aliphatic rings. The lowest BCUT2D eigenvalue weighted by Gasteiger charge is -2.16. The number of carbonyl (C=O) groups excluding carboxylic acids is 1. The Bertz CT molecular complexity index is 684. The van der Waals surface area contributed by atoms with Crippen LogP contribution in [0.1, 0.15) is 20.7 Å². The molecule has 0 fully saturated rings. The van der Waals surface area contributed by atoms with E-state index in [1.165, 1.54) is 18.3 Å². The molecule has 114 valence electrons. The molecular weight excluding hydrogens is 284 g/mol. The Morgan fingerprint density at radius 2 is 2.00 bits per heavy atom. The number of hydrogen-bond acceptors (Lipinski definition) is 6. The predicted octanol–water partition coefficient (Wildman–Crippen LogP) is 2.10. The van der Waals surface area contributed by atoms with E-state index in [1.807, 2.05) is 31.1 Å². The van der Waals surface area contributed by atoms with E-state index in [1.54, 1.807) is 6.07 Å². The van der Waals surface area contributed by atoms with E-state index in [0.29, 0.717) is 17.1 Å². The van der Waals surface area contributed by atoms with Crippen LogP contribution < -0.4 is 15.8 Å². The Hall–Kier alpha value is -3.09. The maximum absolute atomic E-state index is 11.1. The quantitative estimate of drug-likeness (QED) is 0.555. The van der Waals surface area contributed by atoms with Crippen molar-refractivity contribution in [2.24, 2.45) is 0 Å². The van der Waals surface area contributed by atoms with Crippen molar-refractivity contribution in [1.82, 2.24) is 4.98 Å². The Kier molecular flexibility index (Phi) is 4.57. The summed E-state index contributed by atoms with van der Waals surface area (Å²) in [6, 6.07) is 8.35. The van der Waals surface area contributed by atoms with Gasteiger partial charge in [-0.3, -0.25) is 15.6 Å². The number of pyridine rings is 1. The Labute approximate surface area is 127 Å². The molecule has 0 spiro atoms. The molecule has 0 amide bonds. The van der Waals surface area contributed by atoms with Crippen molar-refractivity contribution < 1.29 is 14.7 Å². The number of aldehydes is 1. The number of carboxylic acids is 1. The van der Waals surface area contributed by atoms with Gasteiger partial charge in [0, 0.05) is 31.5 Å². The molecule has 0 saturated heterocycles. The highest BCUT2D eigenvalue weighted by Gasteiger charge is 2.06. The van der Waals surface area contributed by atoms with Crippen molar-refractivity contribution in [3.05, 3.63) is 47.7 Å². The van der Waals surface area contributed by atoms with Gasteiger partial charge < -0.3 is 10.0 Å². The standard InChI is InChI=1S/C15H16N4O3/c1-19(2)12-5-3-11(9-20)13(7-12)17-18-14-6-4-10(8-16-14)15(21)22/h3-9,17H,1-2H3,(H,16,18)(H,21,22). The van der Waals surface area contributed by atoms with E-state index < -0.39 is 5.97 Å². The largest absolute Gasteiger partial charge is 0.478 e. The first-order valence-electron chi connectivity index (χ1n) is 6.49. The molecule has 1 heterocycles. The average molecular weight is 300 g/mol. The molecule has 22 heavy (non-hydrogen) atoms. The molecular formula is C15H16N4O3. The summed E-state index contributed by atoms with van der Waals surface area (Å²) >= 11 is 0. The lowest BCUT2D eigenvalue weighted by Crippen LogP contribution is -2.14. The minimum Gasteiger partial charge on any atom is -0.478 e. The van der Waals surface area contributed by atoms with Crippen molar-refractivity contribution >= 4 is 29.4 Å². The van der Waals surface area contributed by atoms with Crippen LogP contribution in [-0.2, 0) is 0 Å². The summed E-state index contributed by atoms with van der Waals surface area (Å²) < 4.78 is 0. The van der Waals surface area contributed by atoms with Crippen molar-refractivity contribution in [3.8, 4) is 0 Å². The molecule has 7 nitrogen and oxygen atoms in total. The van der Waals surface area contributed by atoms with Gasteiger partial charge in [0.25, 0.3) is 0 Å². The predicted molar refractivity (Wildman–Crippen MR) is 84.6 cm³/mol. The maximum atomic E-state index is 11.1. The van der Waals surface area contributed by atoms with Crippen LogP contribution >= 0.6 is 0 Å². The Morgan fingerprint density at radius 1 is 1.23 bits per heavy atom. The van der Waals surface area contributed by atoms with E-state index >= 15 is 0 Å². The SMILES string of the molecule is CN(C)c1ccc(C=O)c(NNc2ccc(C(=O)O)cn2)c1. The monoisotopic (exact) mass is 300 g/mol. The van der Waals surface area contributed by atoms with Gasteiger partial charge in [-0.05, 0) is 30.3 Å². The molecule has 0 bridgehead atoms. The molecule has 0 unspecified atom stereocenters. The first-order chi connectivity index (χ1) is 10.5. The Balaban J connectivity index is 2.14. The van der Waals surface area contributed by atoms with Crippen molar-refractivity contribution in [2.75, 3.05) is 29.8 Å². The minimum atomic E-state index is -1.03. The second-order valence-corrected chi connectivity index (χ2v) is 4.77. The summed E-state index contributed by atoms with van der Waals surface area (Å²) in [5.41, 5.74) is 7.89. The summed E-state index contributed by atoms with van der Waals surface area (Å²) in [6.07, 6.45) is 2.01. The van der Waals surface area contributed by atoms with Crippen LogP contribution in [0.4, 0.5) is 17.2 Å². The highest BCUT2D eigenvalue weighted by Crippen LogP contribution is 2.21. The minimum absolute atomic E-state index is 0.105. The molecule has 0 saturated carbocycles. The molecule has 2 aromatic rings. The van der Waals surface area contributed by atoms with Crippen LogP contribution in [0, 0.1) is 0 Å². The highest BCUT2D eigenvalue weighted by molar-refractivity contribution is 5.88. The molecule has 1 aromatic heterocycles. The third kappa shape index (κ3) is 3.51. The first kappa shape index (κ1) is 15.3. The van der Waals surface area contributed by atoms with E-state index in [2.05, 4.69) is 15.8 Å². The number of hydrazine groups is 1. The van der Waals surface area contributed by atoms with Crippen molar-refractivity contribution in [3.63, 3.8) is 0 Å². The number of nitrogens with one attached hydrogen (secondary N) is 2. The van der Waals surface area contributed by atoms with Gasteiger partial charge in [0.05, 0.1) is 11.3 Å². The first-order valence-corrected chi connectivity index (χ1v) is 6.49. The molecule has 7 heteroatoms. The van der Waals surface area contributed by atoms with Gasteiger partial charge in [0.2, 0.25) is 0 Å². The van der Waals surface area contributed by atoms with Crippen LogP contribution in [0.25, 0.3) is 0 Å². The summed E-state index contributed by atoms with van der Waals surface area (Å²) in [6.45, 7) is 0. The number of hydrogen-bond donors (Lipinski definition) is 3. The van der Waals surface area contributed by atoms with Gasteiger partial charge in [-0.25, -0.2) is 9.78 Å². The Morgan fingerprint density at radius 3 is 2.55 bits per heavy atom. The zero-order chi connectivity index (χ0) is 16.1. The summed E-state index contributed by atoms with van der Waals surface area (Å²) in [5, 5.41) is 8.81. The third-order valence-corrected chi connectivity index (χ3v) is 3.02. The van der Waals surface area contributed by atoms with Gasteiger partial charge in [-0.2, -0.15) is 0 Å². The van der Waals surface area contributed by atoms with Gasteiger partial charge in [-0.1, -0.05) is 0 Å². The van der Waals surface area contributed by atoms with E-state index in [4.69, 9.17) is 5.11 Å². The number of nitrogens with zero attached hydrogens (tertiary/aromatic N) is 2. The highest BCUT2D eigenvalue weighted by atomic mass is 16.4. The van der Waals surface area contributed by atoms with Crippen LogP contribution in [-0.4, -0.2) is 36.4 Å². The fraction of sp³-hybridized carbons (Fsp3) is 0.133. The fourth-order valence-corrected chi connectivity index (χ4v) is 1.76. The zero-order valence-electron chi connectivity index (χ0n) is 12.2. The van der Waals surface area contributed by atoms with E-state index in [0.717, 1.165) is 12.0 Å². The molecule has 0 atom stereocenters. The molecule has 3 N–H and O–H groups in total. The normalized spacial score (nSPS) is 9.91. The topological polar surface area (TPSA) is 94.6 Å². The molecule has 0 radical (unpaired) electrons. The van der Waals surface area contributed by atoms with Crippen LogP contribution in [0.15, 0.2) is 36.5 Å². The number of carboxylic acid groups (broad SMARTS) is 1. The number of benzene rings is 1. The van der Waals surface area contributed by atoms with Gasteiger partial charge >= 0.3 is 5.97 Å². The maximum Gasteiger partial charge on any atom is 0.337 e. The number of aromatic carboxylic acids is 1. The smallest absolute Gasteiger partial charge is 0.337 e. The summed E-state index contributed by atoms with van der Waals surface area (Å²) in [7, 11) is 3.80. The van der Waals surface area contributed by atoms with E-state index in [9.17, 15) is 9.59 Å². The number of aromatic nitrogens is 1. The number of carbonyl (C=O) groups is 2. The molecule has 1 aromatic carbocycles. The van der Waals surface area contributed by atoms with Crippen molar-refractivity contribution in [1.29, 1.82) is 0 Å². The van der Waals surface area contributed by atoms with Gasteiger partial charge in [-0.15, -0.1) is 0 Å². The number of rotatable bonds is 6. The van der Waals surface area contributed by atoms with Gasteiger partial charge in [0.15, 0.2) is 6.29 Å². The lowest BCUT2D eigenvalue weighted by atomic mass is 10.1. The van der Waals surface area contributed by atoms with E-state index in [-0.39, 0.29) is 5.56 Å². The van der Waals surface area contributed by atoms with Crippen LogP contribution in [0.2, 0.25) is 0 Å². The third-order valence-electron chi connectivity index (χ3n) is 3.02.